The summed E-state index contributed by atoms with van der Waals surface area (Å²) in [6.45, 7) is 1.64. The van der Waals surface area contributed by atoms with E-state index in [9.17, 15) is 17.6 Å². The van der Waals surface area contributed by atoms with Gasteiger partial charge in [-0.2, -0.15) is 0 Å². The van der Waals surface area contributed by atoms with Crippen LogP contribution in [-0.4, -0.2) is 14.3 Å². The molecule has 0 radical (unpaired) electrons. The zero-order valence-corrected chi connectivity index (χ0v) is 15.7. The smallest absolute Gasteiger partial charge is 0.262 e. The Morgan fingerprint density at radius 1 is 1.22 bits per heavy atom. The molecule has 0 bridgehead atoms. The number of hydrogen-bond acceptors (Lipinski definition) is 3. The average Bonchev–Trinajstić information content (AvgIpc) is 3.11. The lowest BCUT2D eigenvalue weighted by Gasteiger charge is -2.14. The topological polar surface area (TPSA) is 75.3 Å². The summed E-state index contributed by atoms with van der Waals surface area (Å²) in [7, 11) is -4.00. The molecule has 0 fully saturated rings. The van der Waals surface area contributed by atoms with Crippen molar-refractivity contribution in [3.05, 3.63) is 66.0 Å². The molecule has 0 aromatic heterocycles. The Labute approximate surface area is 158 Å². The van der Waals surface area contributed by atoms with E-state index in [0.717, 1.165) is 12.8 Å². The van der Waals surface area contributed by atoms with Crippen molar-refractivity contribution in [3.8, 4) is 0 Å². The summed E-state index contributed by atoms with van der Waals surface area (Å²) in [5.41, 5.74) is 0.761. The zero-order valence-electron chi connectivity index (χ0n) is 14.9. The highest BCUT2D eigenvalue weighted by Crippen LogP contribution is 2.25. The average molecular weight is 388 g/mol. The molecular formula is C20H21FN2O3S. The van der Waals surface area contributed by atoms with Crippen molar-refractivity contribution in [2.24, 2.45) is 5.92 Å². The highest BCUT2D eigenvalue weighted by Gasteiger charge is 2.20. The number of para-hydroxylation sites is 1. The first-order chi connectivity index (χ1) is 12.8. The second kappa shape index (κ2) is 7.92. The monoisotopic (exact) mass is 388 g/mol. The van der Waals surface area contributed by atoms with Crippen LogP contribution in [0.2, 0.25) is 0 Å². The van der Waals surface area contributed by atoms with Gasteiger partial charge in [0, 0.05) is 12.1 Å². The largest absolute Gasteiger partial charge is 0.326 e. The van der Waals surface area contributed by atoms with Gasteiger partial charge in [0.2, 0.25) is 5.91 Å². The van der Waals surface area contributed by atoms with E-state index in [1.807, 2.05) is 6.08 Å². The van der Waals surface area contributed by atoms with Gasteiger partial charge in [-0.1, -0.05) is 30.4 Å². The van der Waals surface area contributed by atoms with Crippen molar-refractivity contribution < 1.29 is 17.6 Å². The highest BCUT2D eigenvalue weighted by atomic mass is 32.2. The molecule has 3 rings (SSSR count). The number of allylic oxidation sites excluding steroid dienone is 2. The molecule has 7 heteroatoms. The van der Waals surface area contributed by atoms with Crippen molar-refractivity contribution in [2.75, 3.05) is 10.0 Å². The summed E-state index contributed by atoms with van der Waals surface area (Å²) in [6.07, 6.45) is 6.38. The van der Waals surface area contributed by atoms with E-state index in [2.05, 4.69) is 16.1 Å². The summed E-state index contributed by atoms with van der Waals surface area (Å²) < 4.78 is 41.4. The normalized spacial score (nSPS) is 16.3. The number of amides is 1. The summed E-state index contributed by atoms with van der Waals surface area (Å²) in [5, 5.41) is 2.74. The summed E-state index contributed by atoms with van der Waals surface area (Å²) in [4.78, 5) is 12.2. The first-order valence-corrected chi connectivity index (χ1v) is 10.2. The third-order valence-corrected chi connectivity index (χ3v) is 5.95. The predicted molar refractivity (Wildman–Crippen MR) is 103 cm³/mol. The molecule has 2 N–H and O–H groups in total. The number of anilines is 2. The van der Waals surface area contributed by atoms with Crippen molar-refractivity contribution >= 4 is 27.3 Å². The minimum absolute atomic E-state index is 0.00989. The fourth-order valence-electron chi connectivity index (χ4n) is 3.03. The highest BCUT2D eigenvalue weighted by molar-refractivity contribution is 7.92. The molecule has 0 spiro atoms. The number of sulfonamides is 1. The summed E-state index contributed by atoms with van der Waals surface area (Å²) in [6, 6.07) is 10.2. The van der Waals surface area contributed by atoms with E-state index < -0.39 is 15.8 Å². The van der Waals surface area contributed by atoms with Crippen LogP contribution < -0.4 is 10.0 Å². The quantitative estimate of drug-likeness (QED) is 0.727. The van der Waals surface area contributed by atoms with E-state index in [0.29, 0.717) is 17.7 Å². The molecular weight excluding hydrogens is 367 g/mol. The molecule has 0 aliphatic heterocycles. The van der Waals surface area contributed by atoms with Gasteiger partial charge in [0.05, 0.1) is 10.6 Å². The Kier molecular flexibility index (Phi) is 5.60. The van der Waals surface area contributed by atoms with Crippen molar-refractivity contribution in [1.82, 2.24) is 0 Å². The van der Waals surface area contributed by atoms with Crippen LogP contribution in [0.5, 0.6) is 0 Å². The van der Waals surface area contributed by atoms with E-state index in [4.69, 9.17) is 0 Å². The van der Waals surface area contributed by atoms with Crippen LogP contribution in [-0.2, 0) is 14.8 Å². The number of nitrogens with one attached hydrogen (secondary N) is 2. The van der Waals surface area contributed by atoms with Crippen LogP contribution in [0.1, 0.15) is 24.8 Å². The van der Waals surface area contributed by atoms with Gasteiger partial charge < -0.3 is 5.32 Å². The molecule has 0 saturated heterocycles. The maximum atomic E-state index is 13.8. The number of hydrogen-bond donors (Lipinski definition) is 2. The summed E-state index contributed by atoms with van der Waals surface area (Å²) in [5.74, 6) is -0.602. The van der Waals surface area contributed by atoms with Crippen LogP contribution in [0, 0.1) is 18.7 Å². The van der Waals surface area contributed by atoms with E-state index in [1.54, 1.807) is 25.1 Å². The van der Waals surface area contributed by atoms with Crippen LogP contribution >= 0.6 is 0 Å². The van der Waals surface area contributed by atoms with E-state index in [-0.39, 0.29) is 22.4 Å². The maximum Gasteiger partial charge on any atom is 0.262 e. The standard InChI is InChI=1S/C20H21FN2O3S/c1-14-10-11-16(22-20(24)12-15-6-2-3-7-15)13-19(14)27(25,26)23-18-9-5-4-8-17(18)21/h2,4-6,8-11,13,15,23H,3,7,12H2,1H3,(H,22,24)/t15-/m1/s1. The fraction of sp³-hybridized carbons (Fsp3) is 0.250. The van der Waals surface area contributed by atoms with Gasteiger partial charge >= 0.3 is 0 Å². The number of carbonyl (C=O) groups excluding carboxylic acids is 1. The predicted octanol–water partition coefficient (Wildman–Crippen LogP) is 4.23. The SMILES string of the molecule is Cc1ccc(NC(=O)C[C@@H]2C=CCC2)cc1S(=O)(=O)Nc1ccccc1F. The van der Waals surface area contributed by atoms with Crippen LogP contribution in [0.4, 0.5) is 15.8 Å². The molecule has 1 aliphatic rings. The van der Waals surface area contributed by atoms with Gasteiger partial charge in [0.15, 0.2) is 0 Å². The minimum Gasteiger partial charge on any atom is -0.326 e. The Bertz CT molecular complexity index is 986. The Morgan fingerprint density at radius 3 is 2.70 bits per heavy atom. The number of rotatable bonds is 6. The lowest BCUT2D eigenvalue weighted by Crippen LogP contribution is -2.17. The van der Waals surface area contributed by atoms with Gasteiger partial charge in [0.1, 0.15) is 5.82 Å². The van der Waals surface area contributed by atoms with E-state index in [1.165, 1.54) is 24.3 Å². The lowest BCUT2D eigenvalue weighted by molar-refractivity contribution is -0.116. The number of benzene rings is 2. The van der Waals surface area contributed by atoms with Crippen LogP contribution in [0.25, 0.3) is 0 Å². The fourth-order valence-corrected chi connectivity index (χ4v) is 4.37. The van der Waals surface area contributed by atoms with Crippen LogP contribution in [0.15, 0.2) is 59.5 Å². The molecule has 0 unspecified atom stereocenters. The van der Waals surface area contributed by atoms with Gasteiger partial charge in [-0.05, 0) is 55.5 Å². The lowest BCUT2D eigenvalue weighted by atomic mass is 10.1. The second-order valence-electron chi connectivity index (χ2n) is 6.58. The molecule has 0 heterocycles. The third kappa shape index (κ3) is 4.74. The third-order valence-electron chi connectivity index (χ3n) is 4.44. The first-order valence-electron chi connectivity index (χ1n) is 8.70. The van der Waals surface area contributed by atoms with Gasteiger partial charge in [-0.15, -0.1) is 0 Å². The molecule has 2 aromatic rings. The van der Waals surface area contributed by atoms with E-state index >= 15 is 0 Å². The molecule has 1 amide bonds. The molecule has 5 nitrogen and oxygen atoms in total. The van der Waals surface area contributed by atoms with Gasteiger partial charge in [-0.3, -0.25) is 9.52 Å². The number of carbonyl (C=O) groups is 1. The molecule has 1 atom stereocenters. The minimum atomic E-state index is -4.00. The van der Waals surface area contributed by atoms with Crippen molar-refractivity contribution in [2.45, 2.75) is 31.1 Å². The Balaban J connectivity index is 1.79. The first kappa shape index (κ1) is 19.1. The van der Waals surface area contributed by atoms with Crippen molar-refractivity contribution in [1.29, 1.82) is 0 Å². The van der Waals surface area contributed by atoms with Gasteiger partial charge in [-0.25, -0.2) is 12.8 Å². The van der Waals surface area contributed by atoms with Gasteiger partial charge in [0.25, 0.3) is 10.0 Å². The molecule has 1 aliphatic carbocycles. The zero-order chi connectivity index (χ0) is 19.4. The molecule has 2 aromatic carbocycles. The summed E-state index contributed by atoms with van der Waals surface area (Å²) >= 11 is 0. The molecule has 27 heavy (non-hydrogen) atoms. The Morgan fingerprint density at radius 2 is 2.00 bits per heavy atom. The van der Waals surface area contributed by atoms with Crippen molar-refractivity contribution in [3.63, 3.8) is 0 Å². The Hall–Kier alpha value is -2.67. The maximum absolute atomic E-state index is 13.8. The van der Waals surface area contributed by atoms with Crippen LogP contribution in [0.3, 0.4) is 0 Å². The second-order valence-corrected chi connectivity index (χ2v) is 8.23. The number of halogens is 1. The molecule has 0 saturated carbocycles. The number of aryl methyl sites for hydroxylation is 1. The molecule has 142 valence electrons.